The van der Waals surface area contributed by atoms with Crippen LogP contribution in [0, 0.1) is 17.6 Å². The highest BCUT2D eigenvalue weighted by atomic mass is 35.5. The van der Waals surface area contributed by atoms with Crippen molar-refractivity contribution < 1.29 is 32.4 Å². The van der Waals surface area contributed by atoms with Crippen LogP contribution in [0.1, 0.15) is 78.6 Å². The van der Waals surface area contributed by atoms with Gasteiger partial charge in [-0.15, -0.1) is 11.3 Å². The fraction of sp³-hybridized carbons (Fsp3) is 0.407. The molecule has 3 heterocycles. The van der Waals surface area contributed by atoms with Gasteiger partial charge in [-0.3, -0.25) is 4.99 Å². The standard InChI is InChI=1S/C27H26ClF2N5O5S/c1-3-38-26(36)17-20(13-5-7-14(8-6-13)24-34-23(35-40-24)27(37)39-4-2)32-22(25-31-11-12-41-25)33-21(17)15-9-10-16(29)19(30)18(15)28/h9-14,21H,3-8H2,1-2H3,(H,32,33)/t13-,14-,21?. The Labute approximate surface area is 242 Å². The summed E-state index contributed by atoms with van der Waals surface area (Å²) in [6.45, 7) is 3.66. The lowest BCUT2D eigenvalue weighted by atomic mass is 9.78. The maximum Gasteiger partial charge on any atom is 0.379 e. The SMILES string of the molecule is CCOC(=O)C1=C([C@H]2CC[C@H](c3nc(C(=O)OCC)no3)CC2)NC(c2nccs2)=NC1c1ccc(F)c(F)c1Cl. The molecule has 2 aliphatic rings. The third-order valence-electron chi connectivity index (χ3n) is 6.95. The second kappa shape index (κ2) is 12.4. The zero-order chi connectivity index (χ0) is 29.1. The third-order valence-corrected chi connectivity index (χ3v) is 8.11. The number of esters is 2. The molecule has 2 aromatic heterocycles. The Kier molecular flexibility index (Phi) is 8.74. The van der Waals surface area contributed by atoms with Gasteiger partial charge in [0, 0.05) is 28.8 Å². The lowest BCUT2D eigenvalue weighted by molar-refractivity contribution is -0.139. The van der Waals surface area contributed by atoms with Gasteiger partial charge in [-0.2, -0.15) is 4.98 Å². The molecule has 0 bridgehead atoms. The van der Waals surface area contributed by atoms with E-state index in [9.17, 15) is 18.4 Å². The van der Waals surface area contributed by atoms with E-state index >= 15 is 0 Å². The number of aromatic nitrogens is 3. The molecule has 1 saturated carbocycles. The first-order chi connectivity index (χ1) is 19.8. The molecule has 0 amide bonds. The second-order valence-electron chi connectivity index (χ2n) is 9.38. The van der Waals surface area contributed by atoms with Crippen LogP contribution in [0.25, 0.3) is 0 Å². The average Bonchev–Trinajstić information content (AvgIpc) is 3.69. The van der Waals surface area contributed by atoms with Gasteiger partial charge in [0.25, 0.3) is 5.82 Å². The predicted molar refractivity (Wildman–Crippen MR) is 145 cm³/mol. The molecule has 41 heavy (non-hydrogen) atoms. The minimum Gasteiger partial charge on any atom is -0.463 e. The molecule has 1 unspecified atom stereocenters. The van der Waals surface area contributed by atoms with Crippen LogP contribution >= 0.6 is 22.9 Å². The van der Waals surface area contributed by atoms with Gasteiger partial charge in [0.2, 0.25) is 5.89 Å². The van der Waals surface area contributed by atoms with Gasteiger partial charge in [-0.1, -0.05) is 17.7 Å². The van der Waals surface area contributed by atoms with E-state index in [4.69, 9.17) is 30.6 Å². The average molecular weight is 606 g/mol. The van der Waals surface area contributed by atoms with Gasteiger partial charge in [0.15, 0.2) is 22.5 Å². The highest BCUT2D eigenvalue weighted by Gasteiger charge is 2.39. The highest BCUT2D eigenvalue weighted by Crippen LogP contribution is 2.44. The minimum atomic E-state index is -1.22. The molecule has 1 fully saturated rings. The van der Waals surface area contributed by atoms with Crippen LogP contribution in [0.4, 0.5) is 8.78 Å². The maximum atomic E-state index is 14.6. The molecule has 1 atom stereocenters. The van der Waals surface area contributed by atoms with Gasteiger partial charge in [0.05, 0.1) is 23.8 Å². The first kappa shape index (κ1) is 28.8. The number of nitrogens with zero attached hydrogens (tertiary/aromatic N) is 4. The molecule has 10 nitrogen and oxygen atoms in total. The van der Waals surface area contributed by atoms with E-state index in [1.165, 1.54) is 17.4 Å². The van der Waals surface area contributed by atoms with Crippen molar-refractivity contribution in [1.29, 1.82) is 0 Å². The summed E-state index contributed by atoms with van der Waals surface area (Å²) in [5.41, 5.74) is 0.865. The molecule has 0 saturated heterocycles. The zero-order valence-corrected chi connectivity index (χ0v) is 23.7. The van der Waals surface area contributed by atoms with Crippen molar-refractivity contribution in [2.45, 2.75) is 51.5 Å². The number of amidine groups is 1. The van der Waals surface area contributed by atoms with E-state index in [1.54, 1.807) is 25.4 Å². The summed E-state index contributed by atoms with van der Waals surface area (Å²) in [6, 6.07) is 1.22. The number of benzene rings is 1. The smallest absolute Gasteiger partial charge is 0.379 e. The molecular formula is C27H26ClF2N5O5S. The molecule has 1 N–H and O–H groups in total. The molecule has 3 aromatic rings. The number of hydrogen-bond acceptors (Lipinski definition) is 11. The first-order valence-electron chi connectivity index (χ1n) is 13.1. The minimum absolute atomic E-state index is 0.0966. The highest BCUT2D eigenvalue weighted by molar-refractivity contribution is 7.11. The van der Waals surface area contributed by atoms with Crippen molar-refractivity contribution in [3.8, 4) is 0 Å². The van der Waals surface area contributed by atoms with Gasteiger partial charge in [-0.05, 0) is 56.7 Å². The summed E-state index contributed by atoms with van der Waals surface area (Å²) in [4.78, 5) is 38.6. The van der Waals surface area contributed by atoms with E-state index in [2.05, 4.69) is 20.4 Å². The lowest BCUT2D eigenvalue weighted by Crippen LogP contribution is -2.38. The fourth-order valence-electron chi connectivity index (χ4n) is 5.06. The van der Waals surface area contributed by atoms with Crippen LogP contribution in [-0.4, -0.2) is 46.1 Å². The van der Waals surface area contributed by atoms with Gasteiger partial charge in [-0.25, -0.2) is 23.4 Å². The Morgan fingerprint density at radius 3 is 2.49 bits per heavy atom. The largest absolute Gasteiger partial charge is 0.463 e. The van der Waals surface area contributed by atoms with Crippen molar-refractivity contribution in [2.75, 3.05) is 13.2 Å². The number of halogens is 3. The van der Waals surface area contributed by atoms with Crippen LogP contribution in [0.15, 0.2) is 44.5 Å². The third kappa shape index (κ3) is 5.87. The Balaban J connectivity index is 1.50. The topological polar surface area (TPSA) is 129 Å². The molecule has 0 radical (unpaired) electrons. The molecular weight excluding hydrogens is 580 g/mol. The molecule has 1 aliphatic carbocycles. The molecule has 0 spiro atoms. The first-order valence-corrected chi connectivity index (χ1v) is 14.4. The van der Waals surface area contributed by atoms with Crippen LogP contribution < -0.4 is 5.32 Å². The molecule has 14 heteroatoms. The van der Waals surface area contributed by atoms with Crippen molar-refractivity contribution in [1.82, 2.24) is 20.4 Å². The quantitative estimate of drug-likeness (QED) is 0.261. The molecule has 1 aliphatic heterocycles. The number of allylic oxidation sites excluding steroid dienone is 1. The molecule has 216 valence electrons. The Morgan fingerprint density at radius 2 is 1.80 bits per heavy atom. The summed E-state index contributed by atoms with van der Waals surface area (Å²) < 4.78 is 44.2. The number of nitrogens with one attached hydrogen (secondary N) is 1. The van der Waals surface area contributed by atoms with Crippen LogP contribution in [0.5, 0.6) is 0 Å². The Hall–Kier alpha value is -3.71. The number of ether oxygens (including phenoxy) is 2. The predicted octanol–water partition coefficient (Wildman–Crippen LogP) is 5.52. The maximum absolute atomic E-state index is 14.6. The number of thiazole rings is 1. The van der Waals surface area contributed by atoms with E-state index in [0.29, 0.717) is 48.1 Å². The second-order valence-corrected chi connectivity index (χ2v) is 10.7. The van der Waals surface area contributed by atoms with E-state index in [-0.39, 0.29) is 42.0 Å². The van der Waals surface area contributed by atoms with Crippen LogP contribution in [0.3, 0.4) is 0 Å². The number of aliphatic imine (C=N–C) groups is 1. The van der Waals surface area contributed by atoms with Crippen LogP contribution in [-0.2, 0) is 14.3 Å². The van der Waals surface area contributed by atoms with E-state index in [0.717, 1.165) is 6.07 Å². The number of carbonyl (C=O) groups is 2. The van der Waals surface area contributed by atoms with Crippen molar-refractivity contribution in [3.63, 3.8) is 0 Å². The van der Waals surface area contributed by atoms with Crippen molar-refractivity contribution >= 4 is 40.7 Å². The normalized spacial score (nSPS) is 20.8. The van der Waals surface area contributed by atoms with Crippen LogP contribution in [0.2, 0.25) is 5.02 Å². The lowest BCUT2D eigenvalue weighted by Gasteiger charge is -2.34. The number of hydrogen-bond donors (Lipinski definition) is 1. The summed E-state index contributed by atoms with van der Waals surface area (Å²) in [6.07, 6.45) is 4.08. The summed E-state index contributed by atoms with van der Waals surface area (Å²) in [7, 11) is 0. The Bertz CT molecular complexity index is 1500. The van der Waals surface area contributed by atoms with Gasteiger partial charge >= 0.3 is 11.9 Å². The molecule has 1 aromatic carbocycles. The van der Waals surface area contributed by atoms with Crippen molar-refractivity contribution in [3.05, 3.63) is 73.9 Å². The molecule has 5 rings (SSSR count). The summed E-state index contributed by atoms with van der Waals surface area (Å²) in [5, 5.41) is 8.92. The van der Waals surface area contributed by atoms with Gasteiger partial charge in [0.1, 0.15) is 6.04 Å². The summed E-state index contributed by atoms with van der Waals surface area (Å²) in [5.74, 6) is -3.27. The monoisotopic (exact) mass is 605 g/mol. The van der Waals surface area contributed by atoms with E-state index in [1.807, 2.05) is 0 Å². The zero-order valence-electron chi connectivity index (χ0n) is 22.2. The van der Waals surface area contributed by atoms with Gasteiger partial charge < -0.3 is 19.3 Å². The number of carbonyl (C=O) groups excluding carboxylic acids is 2. The summed E-state index contributed by atoms with van der Waals surface area (Å²) >= 11 is 7.60. The van der Waals surface area contributed by atoms with Crippen molar-refractivity contribution in [2.24, 2.45) is 10.9 Å². The Morgan fingerprint density at radius 1 is 1.10 bits per heavy atom. The fourth-order valence-corrected chi connectivity index (χ4v) is 5.90. The number of rotatable bonds is 8. The van der Waals surface area contributed by atoms with E-state index < -0.39 is 34.6 Å².